The summed E-state index contributed by atoms with van der Waals surface area (Å²) in [5.41, 5.74) is 2.09. The van der Waals surface area contributed by atoms with Crippen LogP contribution in [0.5, 0.6) is 0 Å². The van der Waals surface area contributed by atoms with Crippen LogP contribution in [0.1, 0.15) is 43.2 Å². The third-order valence-electron chi connectivity index (χ3n) is 8.12. The van der Waals surface area contributed by atoms with Crippen LogP contribution in [0, 0.1) is 0 Å². The van der Waals surface area contributed by atoms with E-state index >= 15 is 0 Å². The van der Waals surface area contributed by atoms with Crippen LogP contribution in [0.15, 0.2) is 125 Å². The van der Waals surface area contributed by atoms with Gasteiger partial charge in [-0.1, -0.05) is 114 Å². The molecule has 0 heterocycles. The largest absolute Gasteiger partial charge is 0.352 e. The molecule has 0 spiro atoms. The van der Waals surface area contributed by atoms with Gasteiger partial charge in [0.1, 0.15) is 12.6 Å². The molecule has 1 unspecified atom stereocenters. The number of sulfonamides is 1. The fourth-order valence-electron chi connectivity index (χ4n) is 5.77. The maximum absolute atomic E-state index is 14.6. The number of carbonyl (C=O) groups is 2. The van der Waals surface area contributed by atoms with Crippen molar-refractivity contribution in [2.45, 2.75) is 62.0 Å². The number of hydrogen-bond acceptors (Lipinski definition) is 4. The first-order valence-electron chi connectivity index (χ1n) is 15.3. The van der Waals surface area contributed by atoms with E-state index in [4.69, 9.17) is 0 Å². The van der Waals surface area contributed by atoms with E-state index in [1.54, 1.807) is 53.4 Å². The van der Waals surface area contributed by atoms with Gasteiger partial charge >= 0.3 is 0 Å². The zero-order valence-corrected chi connectivity index (χ0v) is 27.5. The summed E-state index contributed by atoms with van der Waals surface area (Å²) >= 11 is 3.53. The van der Waals surface area contributed by atoms with Gasteiger partial charge in [0.2, 0.25) is 11.8 Å². The van der Waals surface area contributed by atoms with Gasteiger partial charge in [0.05, 0.1) is 10.6 Å². The van der Waals surface area contributed by atoms with Gasteiger partial charge in [-0.15, -0.1) is 0 Å². The molecular weight excluding hydrogens is 650 g/mol. The molecule has 0 saturated heterocycles. The van der Waals surface area contributed by atoms with Gasteiger partial charge in [0.15, 0.2) is 0 Å². The molecule has 0 radical (unpaired) electrons. The minimum Gasteiger partial charge on any atom is -0.352 e. The average Bonchev–Trinajstić information content (AvgIpc) is 3.07. The van der Waals surface area contributed by atoms with Crippen molar-refractivity contribution < 1.29 is 18.0 Å². The van der Waals surface area contributed by atoms with Crippen molar-refractivity contribution in [3.63, 3.8) is 0 Å². The van der Waals surface area contributed by atoms with Crippen molar-refractivity contribution in [1.29, 1.82) is 0 Å². The van der Waals surface area contributed by atoms with Crippen LogP contribution >= 0.6 is 15.9 Å². The summed E-state index contributed by atoms with van der Waals surface area (Å²) in [5, 5.41) is 3.24. The highest BCUT2D eigenvalue weighted by atomic mass is 79.9. The highest BCUT2D eigenvalue weighted by Crippen LogP contribution is 2.26. The van der Waals surface area contributed by atoms with E-state index < -0.39 is 28.5 Å². The number of nitrogens with zero attached hydrogens (tertiary/aromatic N) is 2. The molecule has 1 aliphatic carbocycles. The standard InChI is InChI=1S/C36H38BrN3O4S/c37-30-17-13-16-29(24-30)26-39(34(25-28-14-5-1-6-15-28)36(42)38-31-18-7-2-8-19-31)35(41)27-40(32-20-9-3-10-21-32)45(43,44)33-22-11-4-12-23-33/h1,3-6,9-17,20-24,31,34H,2,7-8,18-19,25-27H2,(H,38,42). The van der Waals surface area contributed by atoms with Crippen LogP contribution in [-0.4, -0.2) is 43.8 Å². The topological polar surface area (TPSA) is 86.8 Å². The van der Waals surface area contributed by atoms with Crippen molar-refractivity contribution in [3.8, 4) is 0 Å². The van der Waals surface area contributed by atoms with Crippen LogP contribution in [0.2, 0.25) is 0 Å². The fourth-order valence-corrected chi connectivity index (χ4v) is 7.65. The third kappa shape index (κ3) is 8.61. The van der Waals surface area contributed by atoms with Gasteiger partial charge in [0.25, 0.3) is 10.0 Å². The molecular formula is C36H38BrN3O4S. The van der Waals surface area contributed by atoms with Crippen LogP contribution < -0.4 is 9.62 Å². The molecule has 45 heavy (non-hydrogen) atoms. The van der Waals surface area contributed by atoms with Crippen molar-refractivity contribution in [1.82, 2.24) is 10.2 Å². The molecule has 0 aromatic heterocycles. The molecule has 2 amide bonds. The quantitative estimate of drug-likeness (QED) is 0.179. The molecule has 1 saturated carbocycles. The monoisotopic (exact) mass is 687 g/mol. The first-order chi connectivity index (χ1) is 21.8. The number of nitrogens with one attached hydrogen (secondary N) is 1. The van der Waals surface area contributed by atoms with Gasteiger partial charge < -0.3 is 10.2 Å². The first kappa shape index (κ1) is 32.4. The van der Waals surface area contributed by atoms with Gasteiger partial charge in [-0.3, -0.25) is 13.9 Å². The molecule has 0 bridgehead atoms. The molecule has 1 atom stereocenters. The van der Waals surface area contributed by atoms with E-state index in [-0.39, 0.29) is 29.8 Å². The summed E-state index contributed by atoms with van der Waals surface area (Å²) in [6.45, 7) is -0.348. The Morgan fingerprint density at radius 2 is 1.38 bits per heavy atom. The van der Waals surface area contributed by atoms with E-state index in [0.717, 1.165) is 52.0 Å². The molecule has 1 fully saturated rings. The summed E-state index contributed by atoms with van der Waals surface area (Å²) in [4.78, 5) is 30.3. The Morgan fingerprint density at radius 3 is 2.02 bits per heavy atom. The summed E-state index contributed by atoms with van der Waals surface area (Å²) in [6, 6.07) is 33.1. The number of carbonyl (C=O) groups excluding carboxylic acids is 2. The number of hydrogen-bond donors (Lipinski definition) is 1. The van der Waals surface area contributed by atoms with Crippen LogP contribution in [0.3, 0.4) is 0 Å². The number of para-hydroxylation sites is 1. The molecule has 7 nitrogen and oxygen atoms in total. The van der Waals surface area contributed by atoms with Crippen molar-refractivity contribution in [2.75, 3.05) is 10.8 Å². The van der Waals surface area contributed by atoms with Gasteiger partial charge in [0, 0.05) is 23.5 Å². The second-order valence-electron chi connectivity index (χ2n) is 11.4. The summed E-state index contributed by atoms with van der Waals surface area (Å²) in [5.74, 6) is -0.704. The molecule has 4 aromatic carbocycles. The lowest BCUT2D eigenvalue weighted by Crippen LogP contribution is -2.55. The predicted octanol–water partition coefficient (Wildman–Crippen LogP) is 6.73. The van der Waals surface area contributed by atoms with Gasteiger partial charge in [-0.25, -0.2) is 8.42 Å². The molecule has 1 aliphatic rings. The lowest BCUT2D eigenvalue weighted by atomic mass is 9.94. The normalized spacial score (nSPS) is 14.3. The van der Waals surface area contributed by atoms with E-state index in [1.807, 2.05) is 54.6 Å². The van der Waals surface area contributed by atoms with E-state index in [2.05, 4.69) is 21.2 Å². The SMILES string of the molecule is O=C(NC1CCCCC1)C(Cc1ccccc1)N(Cc1cccc(Br)c1)C(=O)CN(c1ccccc1)S(=O)(=O)c1ccccc1. The molecule has 9 heteroatoms. The number of rotatable bonds is 12. The maximum atomic E-state index is 14.6. The van der Waals surface area contributed by atoms with Crippen LogP contribution in [-0.2, 0) is 32.6 Å². The Kier molecular flexibility index (Phi) is 11.1. The van der Waals surface area contributed by atoms with Crippen molar-refractivity contribution >= 4 is 43.5 Å². The number of benzene rings is 4. The van der Waals surface area contributed by atoms with E-state index in [1.165, 1.54) is 12.1 Å². The van der Waals surface area contributed by atoms with Crippen molar-refractivity contribution in [3.05, 3.63) is 131 Å². The molecule has 4 aromatic rings. The zero-order valence-electron chi connectivity index (χ0n) is 25.1. The lowest BCUT2D eigenvalue weighted by Gasteiger charge is -2.35. The van der Waals surface area contributed by atoms with E-state index in [0.29, 0.717) is 5.69 Å². The highest BCUT2D eigenvalue weighted by Gasteiger charge is 2.35. The first-order valence-corrected chi connectivity index (χ1v) is 17.6. The lowest BCUT2D eigenvalue weighted by molar-refractivity contribution is -0.140. The average molecular weight is 689 g/mol. The Hall–Kier alpha value is -3.95. The third-order valence-corrected chi connectivity index (χ3v) is 10.4. The smallest absolute Gasteiger partial charge is 0.264 e. The van der Waals surface area contributed by atoms with Gasteiger partial charge in [-0.05, 0) is 60.4 Å². The molecule has 5 rings (SSSR count). The van der Waals surface area contributed by atoms with Crippen LogP contribution in [0.4, 0.5) is 5.69 Å². The summed E-state index contributed by atoms with van der Waals surface area (Å²) in [7, 11) is -4.11. The van der Waals surface area contributed by atoms with Gasteiger partial charge in [-0.2, -0.15) is 0 Å². The summed E-state index contributed by atoms with van der Waals surface area (Å²) < 4.78 is 30.0. The maximum Gasteiger partial charge on any atom is 0.264 e. The Labute approximate surface area is 274 Å². The van der Waals surface area contributed by atoms with Crippen molar-refractivity contribution in [2.24, 2.45) is 0 Å². The second-order valence-corrected chi connectivity index (χ2v) is 14.1. The number of anilines is 1. The number of halogens is 1. The fraction of sp³-hybridized carbons (Fsp3) is 0.278. The second kappa shape index (κ2) is 15.4. The molecule has 234 valence electrons. The van der Waals surface area contributed by atoms with E-state index in [9.17, 15) is 18.0 Å². The highest BCUT2D eigenvalue weighted by molar-refractivity contribution is 9.10. The summed E-state index contributed by atoms with van der Waals surface area (Å²) in [6.07, 6.45) is 5.35. The predicted molar refractivity (Wildman–Crippen MR) is 181 cm³/mol. The molecule has 1 N–H and O–H groups in total. The minimum absolute atomic E-state index is 0.0478. The Balaban J connectivity index is 1.54. The molecule has 0 aliphatic heterocycles. The number of amides is 2. The minimum atomic E-state index is -4.11. The Bertz CT molecular complexity index is 1660. The Morgan fingerprint density at radius 1 is 0.778 bits per heavy atom. The van der Waals surface area contributed by atoms with Crippen LogP contribution in [0.25, 0.3) is 0 Å². The zero-order chi connectivity index (χ0) is 31.6.